The van der Waals surface area contributed by atoms with E-state index in [0.717, 1.165) is 39.9 Å². The van der Waals surface area contributed by atoms with Crippen molar-refractivity contribution in [3.8, 4) is 16.9 Å². The average molecular weight is 607 g/mol. The van der Waals surface area contributed by atoms with Gasteiger partial charge in [0, 0.05) is 25.1 Å². The van der Waals surface area contributed by atoms with Crippen LogP contribution >= 0.6 is 0 Å². The number of benzene rings is 3. The summed E-state index contributed by atoms with van der Waals surface area (Å²) in [5, 5.41) is 8.82. The molecule has 0 aliphatic carbocycles. The second kappa shape index (κ2) is 13.6. The number of carbonyl (C=O) groups excluding carboxylic acids is 1. The molecule has 0 radical (unpaired) electrons. The van der Waals surface area contributed by atoms with Gasteiger partial charge >= 0.3 is 12.1 Å². The maximum atomic E-state index is 13.7. The van der Waals surface area contributed by atoms with E-state index < -0.39 is 23.6 Å². The Morgan fingerprint density at radius 1 is 0.909 bits per heavy atom. The Kier molecular flexibility index (Phi) is 9.87. The lowest BCUT2D eigenvalue weighted by molar-refractivity contribution is -0.138. The minimum Gasteiger partial charge on any atom is -0.490 e. The molecule has 0 aliphatic heterocycles. The van der Waals surface area contributed by atoms with E-state index in [1.54, 1.807) is 30.0 Å². The number of aliphatic carboxylic acids is 1. The van der Waals surface area contributed by atoms with E-state index in [4.69, 9.17) is 15.6 Å². The van der Waals surface area contributed by atoms with Crippen LogP contribution in [0.4, 0.5) is 19.1 Å². The largest absolute Gasteiger partial charge is 0.490 e. The molecule has 0 spiro atoms. The summed E-state index contributed by atoms with van der Waals surface area (Å²) in [5.74, 6) is -0.884. The van der Waals surface area contributed by atoms with Gasteiger partial charge in [-0.1, -0.05) is 41.5 Å². The number of anilines is 1. The highest BCUT2D eigenvalue weighted by atomic mass is 19.4. The number of amides is 1. The van der Waals surface area contributed by atoms with Crippen molar-refractivity contribution >= 4 is 17.8 Å². The van der Waals surface area contributed by atoms with Crippen LogP contribution in [0.1, 0.15) is 56.6 Å². The maximum Gasteiger partial charge on any atom is 0.416 e. The third kappa shape index (κ3) is 8.33. The van der Waals surface area contributed by atoms with Gasteiger partial charge in [-0.3, -0.25) is 9.59 Å². The zero-order chi connectivity index (χ0) is 32.0. The van der Waals surface area contributed by atoms with Crippen LogP contribution in [-0.2, 0) is 24.1 Å². The Bertz CT molecular complexity index is 1660. The Hall–Kier alpha value is -4.93. The molecule has 11 heteroatoms. The number of carboxylic acid groups (broad SMARTS) is 1. The van der Waals surface area contributed by atoms with E-state index in [2.05, 4.69) is 9.97 Å². The van der Waals surface area contributed by atoms with E-state index in [1.807, 2.05) is 38.1 Å². The summed E-state index contributed by atoms with van der Waals surface area (Å²) in [5.41, 5.74) is 10.4. The molecule has 0 fully saturated rings. The molecule has 230 valence electrons. The molecule has 0 saturated heterocycles. The number of primary amides is 1. The fraction of sp³-hybridized carbons (Fsp3) is 0.273. The number of ether oxygens (including phenoxy) is 1. The zero-order valence-corrected chi connectivity index (χ0v) is 24.6. The minimum atomic E-state index is -4.51. The molecule has 0 aliphatic rings. The number of hydrogen-bond donors (Lipinski definition) is 2. The number of aryl methyl sites for hydroxylation is 3. The third-order valence-corrected chi connectivity index (χ3v) is 6.97. The Labute approximate surface area is 253 Å². The molecular formula is C33H33F3N4O4. The lowest BCUT2D eigenvalue weighted by atomic mass is 9.92. The molecule has 1 heterocycles. The number of hydrogen-bond acceptors (Lipinski definition) is 6. The SMILES string of the molecule is Cc1cc(CN(Cc2cc(C)ccc2-c2cc(C(N)=O)ccc2C)c2ncc(OCCCC(=O)O)cn2)cc(C(F)(F)F)c1. The molecule has 3 aromatic carbocycles. The van der Waals surface area contributed by atoms with Gasteiger partial charge in [-0.15, -0.1) is 0 Å². The third-order valence-electron chi connectivity index (χ3n) is 6.97. The molecule has 44 heavy (non-hydrogen) atoms. The summed E-state index contributed by atoms with van der Waals surface area (Å²) in [4.78, 5) is 33.4. The number of nitrogens with two attached hydrogens (primary N) is 1. The van der Waals surface area contributed by atoms with E-state index in [9.17, 15) is 22.8 Å². The summed E-state index contributed by atoms with van der Waals surface area (Å²) >= 11 is 0. The molecule has 0 unspecified atom stereocenters. The van der Waals surface area contributed by atoms with E-state index >= 15 is 0 Å². The smallest absolute Gasteiger partial charge is 0.416 e. The molecule has 4 rings (SSSR count). The van der Waals surface area contributed by atoms with Crippen molar-refractivity contribution in [2.45, 2.75) is 52.9 Å². The van der Waals surface area contributed by atoms with Crippen LogP contribution < -0.4 is 15.4 Å². The number of alkyl halides is 3. The maximum absolute atomic E-state index is 13.7. The van der Waals surface area contributed by atoms with E-state index in [0.29, 0.717) is 28.9 Å². The van der Waals surface area contributed by atoms with Crippen LogP contribution in [0.15, 0.2) is 67.0 Å². The van der Waals surface area contributed by atoms with E-state index in [1.165, 1.54) is 12.4 Å². The summed E-state index contributed by atoms with van der Waals surface area (Å²) in [6.45, 7) is 5.93. The quantitative estimate of drug-likeness (QED) is 0.174. The molecule has 0 saturated carbocycles. The van der Waals surface area contributed by atoms with Crippen LogP contribution in [0.25, 0.3) is 11.1 Å². The predicted molar refractivity (Wildman–Crippen MR) is 160 cm³/mol. The highest BCUT2D eigenvalue weighted by Gasteiger charge is 2.31. The molecule has 1 amide bonds. The summed E-state index contributed by atoms with van der Waals surface area (Å²) in [6.07, 6.45) is -1.33. The van der Waals surface area contributed by atoms with Crippen molar-refractivity contribution in [1.82, 2.24) is 9.97 Å². The monoisotopic (exact) mass is 606 g/mol. The standard InChI is InChI=1S/C33H33F3N4O4/c1-20-6-9-28(29-15-24(31(37)43)8-7-22(29)3)25(12-20)19-40(18-23-11-21(2)13-26(14-23)33(34,35)36)32-38-16-27(17-39-32)44-10-4-5-30(41)42/h6-9,11-17H,4-5,10,18-19H2,1-3H3,(H2,37,43)(H,41,42). The van der Waals surface area contributed by atoms with Gasteiger partial charge in [0.2, 0.25) is 11.9 Å². The lowest BCUT2D eigenvalue weighted by Crippen LogP contribution is -2.25. The van der Waals surface area contributed by atoms with Crippen LogP contribution in [-0.4, -0.2) is 33.6 Å². The summed E-state index contributed by atoms with van der Waals surface area (Å²) in [6, 6.07) is 15.0. The first-order valence-electron chi connectivity index (χ1n) is 13.9. The van der Waals surface area contributed by atoms with Gasteiger partial charge in [0.15, 0.2) is 5.75 Å². The molecular weight excluding hydrogens is 573 g/mol. The van der Waals surface area contributed by atoms with Gasteiger partial charge in [0.25, 0.3) is 0 Å². The molecule has 0 bridgehead atoms. The van der Waals surface area contributed by atoms with Crippen molar-refractivity contribution in [2.75, 3.05) is 11.5 Å². The predicted octanol–water partition coefficient (Wildman–Crippen LogP) is 6.64. The van der Waals surface area contributed by atoms with Gasteiger partial charge in [-0.2, -0.15) is 13.2 Å². The van der Waals surface area contributed by atoms with Crippen LogP contribution in [0, 0.1) is 20.8 Å². The minimum absolute atomic E-state index is 0.0379. The molecule has 4 aromatic rings. The molecule has 8 nitrogen and oxygen atoms in total. The van der Waals surface area contributed by atoms with Crippen molar-refractivity contribution in [3.05, 3.63) is 106 Å². The number of aromatic nitrogens is 2. The second-order valence-electron chi connectivity index (χ2n) is 10.7. The number of rotatable bonds is 12. The molecule has 3 N–H and O–H groups in total. The summed E-state index contributed by atoms with van der Waals surface area (Å²) < 4.78 is 46.6. The van der Waals surface area contributed by atoms with Crippen LogP contribution in [0.2, 0.25) is 0 Å². The van der Waals surface area contributed by atoms with E-state index in [-0.39, 0.29) is 32.1 Å². The fourth-order valence-electron chi connectivity index (χ4n) is 4.88. The van der Waals surface area contributed by atoms with Gasteiger partial charge in [0.05, 0.1) is 24.6 Å². The normalized spacial score (nSPS) is 11.3. The van der Waals surface area contributed by atoms with Crippen LogP contribution in [0.3, 0.4) is 0 Å². The van der Waals surface area contributed by atoms with Crippen molar-refractivity contribution in [1.29, 1.82) is 0 Å². The first-order chi connectivity index (χ1) is 20.8. The van der Waals surface area contributed by atoms with Gasteiger partial charge in [-0.05, 0) is 79.3 Å². The average Bonchev–Trinajstić information content (AvgIpc) is 2.95. The fourth-order valence-corrected chi connectivity index (χ4v) is 4.88. The second-order valence-corrected chi connectivity index (χ2v) is 10.7. The topological polar surface area (TPSA) is 119 Å². The van der Waals surface area contributed by atoms with Gasteiger partial charge < -0.3 is 20.5 Å². The summed E-state index contributed by atoms with van der Waals surface area (Å²) in [7, 11) is 0. The number of carbonyl (C=O) groups is 2. The highest BCUT2D eigenvalue weighted by Crippen LogP contribution is 2.33. The van der Waals surface area contributed by atoms with Crippen molar-refractivity contribution < 1.29 is 32.6 Å². The first-order valence-corrected chi connectivity index (χ1v) is 13.9. The first kappa shape index (κ1) is 32.0. The Morgan fingerprint density at radius 2 is 1.64 bits per heavy atom. The van der Waals surface area contributed by atoms with Gasteiger partial charge in [-0.25, -0.2) is 9.97 Å². The Balaban J connectivity index is 1.74. The lowest BCUT2D eigenvalue weighted by Gasteiger charge is -2.25. The zero-order valence-electron chi connectivity index (χ0n) is 24.6. The molecule has 1 aromatic heterocycles. The number of nitrogens with zero attached hydrogens (tertiary/aromatic N) is 3. The van der Waals surface area contributed by atoms with Gasteiger partial charge in [0.1, 0.15) is 0 Å². The highest BCUT2D eigenvalue weighted by molar-refractivity contribution is 5.94. The van der Waals surface area contributed by atoms with Crippen molar-refractivity contribution in [2.24, 2.45) is 5.73 Å². The van der Waals surface area contributed by atoms with Crippen molar-refractivity contribution in [3.63, 3.8) is 0 Å². The molecule has 0 atom stereocenters. The van der Waals surface area contributed by atoms with Crippen LogP contribution in [0.5, 0.6) is 5.75 Å². The number of carboxylic acids is 1. The Morgan fingerprint density at radius 3 is 2.30 bits per heavy atom. The number of halogens is 3.